The van der Waals surface area contributed by atoms with Gasteiger partial charge in [-0.05, 0) is 42.8 Å². The molecule has 0 saturated carbocycles. The molecule has 2 aromatic carbocycles. The molecule has 0 saturated heterocycles. The lowest BCUT2D eigenvalue weighted by Gasteiger charge is -2.09. The number of anilines is 1. The molecule has 0 aromatic heterocycles. The number of halogens is 1. The summed E-state index contributed by atoms with van der Waals surface area (Å²) in [5.74, 6) is -0.0345. The second kappa shape index (κ2) is 7.78. The van der Waals surface area contributed by atoms with Crippen LogP contribution in [0, 0.1) is 6.92 Å². The molecule has 6 heteroatoms. The molecule has 0 heterocycles. The number of rotatable bonds is 5. The average Bonchev–Trinajstić information content (AvgIpc) is 2.56. The highest BCUT2D eigenvalue weighted by Gasteiger charge is 2.09. The Morgan fingerprint density at radius 3 is 2.65 bits per heavy atom. The van der Waals surface area contributed by atoms with Gasteiger partial charge in [0, 0.05) is 15.7 Å². The van der Waals surface area contributed by atoms with Gasteiger partial charge in [0.05, 0.1) is 13.7 Å². The molecule has 2 rings (SSSR count). The van der Waals surface area contributed by atoms with Gasteiger partial charge in [0.25, 0.3) is 5.91 Å². The first-order valence-electron chi connectivity index (χ1n) is 6.98. The van der Waals surface area contributed by atoms with Gasteiger partial charge in [0.2, 0.25) is 5.91 Å². The minimum Gasteiger partial charge on any atom is -0.497 e. The fourth-order valence-corrected chi connectivity index (χ4v) is 2.28. The van der Waals surface area contributed by atoms with Gasteiger partial charge in [-0.1, -0.05) is 28.1 Å². The Labute approximate surface area is 143 Å². The van der Waals surface area contributed by atoms with Crippen LogP contribution in [-0.2, 0) is 4.79 Å². The highest BCUT2D eigenvalue weighted by atomic mass is 79.9. The van der Waals surface area contributed by atoms with Gasteiger partial charge < -0.3 is 15.4 Å². The smallest absolute Gasteiger partial charge is 0.251 e. The highest BCUT2D eigenvalue weighted by Crippen LogP contribution is 2.20. The summed E-state index contributed by atoms with van der Waals surface area (Å²) in [7, 11) is 1.53. The maximum Gasteiger partial charge on any atom is 0.251 e. The normalized spacial score (nSPS) is 10.0. The number of ether oxygens (including phenoxy) is 1. The molecule has 0 bridgehead atoms. The van der Waals surface area contributed by atoms with Crippen molar-refractivity contribution in [3.63, 3.8) is 0 Å². The largest absolute Gasteiger partial charge is 0.497 e. The van der Waals surface area contributed by atoms with Crippen molar-refractivity contribution in [3.05, 3.63) is 58.1 Å². The van der Waals surface area contributed by atoms with E-state index in [0.717, 1.165) is 10.0 Å². The van der Waals surface area contributed by atoms with Crippen LogP contribution in [0.15, 0.2) is 46.9 Å². The molecule has 0 atom stereocenters. The third-order valence-corrected chi connectivity index (χ3v) is 4.05. The highest BCUT2D eigenvalue weighted by molar-refractivity contribution is 9.10. The summed E-state index contributed by atoms with van der Waals surface area (Å²) in [4.78, 5) is 23.9. The van der Waals surface area contributed by atoms with Crippen molar-refractivity contribution in [2.24, 2.45) is 0 Å². The zero-order chi connectivity index (χ0) is 16.8. The molecule has 0 unspecified atom stereocenters. The average molecular weight is 377 g/mol. The Bertz CT molecular complexity index is 732. The standard InChI is InChI=1S/C17H17BrN2O3/c1-11-6-7-13(9-15(11)18)20-16(21)10-19-17(22)12-4-3-5-14(8-12)23-2/h3-9H,10H2,1-2H3,(H,19,22)(H,20,21). The number of aryl methyl sites for hydroxylation is 1. The molecule has 2 aromatic rings. The van der Waals surface area contributed by atoms with Crippen molar-refractivity contribution >= 4 is 33.4 Å². The molecule has 5 nitrogen and oxygen atoms in total. The summed E-state index contributed by atoms with van der Waals surface area (Å²) in [6.45, 7) is 1.85. The van der Waals surface area contributed by atoms with Crippen LogP contribution in [0.2, 0.25) is 0 Å². The van der Waals surface area contributed by atoms with Gasteiger partial charge in [-0.15, -0.1) is 0 Å². The van der Waals surface area contributed by atoms with Crippen LogP contribution < -0.4 is 15.4 Å². The predicted octanol–water partition coefficient (Wildman–Crippen LogP) is 3.13. The number of benzene rings is 2. The monoisotopic (exact) mass is 376 g/mol. The lowest BCUT2D eigenvalue weighted by atomic mass is 10.2. The summed E-state index contributed by atoms with van der Waals surface area (Å²) >= 11 is 3.41. The zero-order valence-electron chi connectivity index (χ0n) is 12.9. The zero-order valence-corrected chi connectivity index (χ0v) is 14.4. The quantitative estimate of drug-likeness (QED) is 0.842. The fraction of sp³-hybridized carbons (Fsp3) is 0.176. The van der Waals surface area contributed by atoms with Crippen molar-refractivity contribution in [3.8, 4) is 5.75 Å². The number of carbonyl (C=O) groups is 2. The molecular weight excluding hydrogens is 360 g/mol. The van der Waals surface area contributed by atoms with Gasteiger partial charge in [-0.2, -0.15) is 0 Å². The van der Waals surface area contributed by atoms with Crippen LogP contribution in [0.25, 0.3) is 0 Å². The summed E-state index contributed by atoms with van der Waals surface area (Å²) in [6, 6.07) is 12.3. The molecule has 0 fully saturated rings. The summed E-state index contributed by atoms with van der Waals surface area (Å²) < 4.78 is 5.98. The minimum absolute atomic E-state index is 0.110. The van der Waals surface area contributed by atoms with Crippen LogP contribution in [0.5, 0.6) is 5.75 Å². The van der Waals surface area contributed by atoms with Gasteiger partial charge in [-0.3, -0.25) is 9.59 Å². The fourth-order valence-electron chi connectivity index (χ4n) is 1.90. The molecule has 0 aliphatic rings. The third-order valence-electron chi connectivity index (χ3n) is 3.20. The van der Waals surface area contributed by atoms with Gasteiger partial charge >= 0.3 is 0 Å². The Kier molecular flexibility index (Phi) is 5.76. The van der Waals surface area contributed by atoms with Crippen LogP contribution in [0.1, 0.15) is 15.9 Å². The summed E-state index contributed by atoms with van der Waals surface area (Å²) in [5, 5.41) is 5.31. The molecule has 0 radical (unpaired) electrons. The Morgan fingerprint density at radius 2 is 1.96 bits per heavy atom. The van der Waals surface area contributed by atoms with Gasteiger partial charge in [-0.25, -0.2) is 0 Å². The number of hydrogen-bond acceptors (Lipinski definition) is 3. The predicted molar refractivity (Wildman–Crippen MR) is 92.8 cm³/mol. The van der Waals surface area contributed by atoms with E-state index in [-0.39, 0.29) is 18.4 Å². The number of hydrogen-bond donors (Lipinski definition) is 2. The summed E-state index contributed by atoms with van der Waals surface area (Å²) in [6.07, 6.45) is 0. The first kappa shape index (κ1) is 17.0. The van der Waals surface area contributed by atoms with Gasteiger partial charge in [0.15, 0.2) is 0 Å². The second-order valence-corrected chi connectivity index (χ2v) is 5.78. The van der Waals surface area contributed by atoms with Crippen molar-refractivity contribution < 1.29 is 14.3 Å². The first-order chi connectivity index (χ1) is 11.0. The lowest BCUT2D eigenvalue weighted by molar-refractivity contribution is -0.115. The van der Waals surface area contributed by atoms with E-state index >= 15 is 0 Å². The van der Waals surface area contributed by atoms with E-state index in [1.807, 2.05) is 25.1 Å². The summed E-state index contributed by atoms with van der Waals surface area (Å²) in [5.41, 5.74) is 2.19. The SMILES string of the molecule is COc1cccc(C(=O)NCC(=O)Nc2ccc(C)c(Br)c2)c1. The molecule has 0 spiro atoms. The molecular formula is C17H17BrN2O3. The maximum atomic E-state index is 12.0. The van der Waals surface area contributed by atoms with Crippen LogP contribution in [0.3, 0.4) is 0 Å². The minimum atomic E-state index is -0.330. The van der Waals surface area contributed by atoms with Crippen molar-refractivity contribution in [2.45, 2.75) is 6.92 Å². The number of methoxy groups -OCH3 is 1. The van der Waals surface area contributed by atoms with Crippen LogP contribution >= 0.6 is 15.9 Å². The van der Waals surface area contributed by atoms with E-state index in [1.54, 1.807) is 24.3 Å². The molecule has 0 aliphatic carbocycles. The Morgan fingerprint density at radius 1 is 1.17 bits per heavy atom. The van der Waals surface area contributed by atoms with Crippen molar-refractivity contribution in [2.75, 3.05) is 19.0 Å². The molecule has 2 N–H and O–H groups in total. The van der Waals surface area contributed by atoms with E-state index < -0.39 is 0 Å². The third kappa shape index (κ3) is 4.82. The van der Waals surface area contributed by atoms with Gasteiger partial charge in [0.1, 0.15) is 5.75 Å². The van der Waals surface area contributed by atoms with E-state index in [9.17, 15) is 9.59 Å². The second-order valence-electron chi connectivity index (χ2n) is 4.93. The first-order valence-corrected chi connectivity index (χ1v) is 7.77. The van der Waals surface area contributed by atoms with Crippen LogP contribution in [-0.4, -0.2) is 25.5 Å². The molecule has 120 valence electrons. The maximum absolute atomic E-state index is 12.0. The number of amides is 2. The topological polar surface area (TPSA) is 67.4 Å². The van der Waals surface area contributed by atoms with E-state index in [2.05, 4.69) is 26.6 Å². The number of nitrogens with one attached hydrogen (secondary N) is 2. The molecule has 2 amide bonds. The van der Waals surface area contributed by atoms with E-state index in [0.29, 0.717) is 17.0 Å². The lowest BCUT2D eigenvalue weighted by Crippen LogP contribution is -2.32. The Hall–Kier alpha value is -2.34. The molecule has 0 aliphatic heterocycles. The van der Waals surface area contributed by atoms with Crippen molar-refractivity contribution in [1.29, 1.82) is 0 Å². The number of carbonyl (C=O) groups excluding carboxylic acids is 2. The van der Waals surface area contributed by atoms with Crippen molar-refractivity contribution in [1.82, 2.24) is 5.32 Å². The van der Waals surface area contributed by atoms with Crippen LogP contribution in [0.4, 0.5) is 5.69 Å². The Balaban J connectivity index is 1.90. The van der Waals surface area contributed by atoms with E-state index in [1.165, 1.54) is 7.11 Å². The molecule has 23 heavy (non-hydrogen) atoms. The van der Waals surface area contributed by atoms with E-state index in [4.69, 9.17) is 4.74 Å².